The summed E-state index contributed by atoms with van der Waals surface area (Å²) in [6.45, 7) is 3.21. The number of nitrogens with zero attached hydrogens (tertiary/aromatic N) is 1. The van der Waals surface area contributed by atoms with Crippen LogP contribution in [0.5, 0.6) is 0 Å². The predicted octanol–water partition coefficient (Wildman–Crippen LogP) is -0.873. The molecular formula is C10H14FN3O4. The highest BCUT2D eigenvalue weighted by Gasteiger charge is 2.19. The number of aromatic amines is 1. The van der Waals surface area contributed by atoms with Crippen molar-refractivity contribution in [2.24, 2.45) is 0 Å². The van der Waals surface area contributed by atoms with E-state index in [9.17, 15) is 18.8 Å². The number of nitrogens with one attached hydrogen (secondary N) is 2. The molecule has 0 fully saturated rings. The summed E-state index contributed by atoms with van der Waals surface area (Å²) in [6.07, 6.45) is 0.694. The zero-order chi connectivity index (χ0) is 13.9. The van der Waals surface area contributed by atoms with Crippen LogP contribution in [0.1, 0.15) is 13.8 Å². The molecule has 1 aromatic rings. The monoisotopic (exact) mass is 259 g/mol. The maximum absolute atomic E-state index is 13.0. The van der Waals surface area contributed by atoms with Crippen LogP contribution in [-0.4, -0.2) is 32.7 Å². The van der Waals surface area contributed by atoms with E-state index in [1.54, 1.807) is 18.8 Å². The van der Waals surface area contributed by atoms with Gasteiger partial charge in [-0.15, -0.1) is 0 Å². The Bertz CT molecular complexity index is 549. The first-order valence-electron chi connectivity index (χ1n) is 5.29. The molecule has 0 bridgehead atoms. The molecule has 1 aromatic heterocycles. The Morgan fingerprint density at radius 2 is 2.17 bits per heavy atom. The normalized spacial score (nSPS) is 12.7. The molecule has 3 N–H and O–H groups in total. The quantitative estimate of drug-likeness (QED) is 0.637. The van der Waals surface area contributed by atoms with Gasteiger partial charge < -0.3 is 10.4 Å². The van der Waals surface area contributed by atoms with Crippen LogP contribution in [0.3, 0.4) is 0 Å². The highest BCUT2D eigenvalue weighted by molar-refractivity contribution is 5.73. The largest absolute Gasteiger partial charge is 0.480 e. The summed E-state index contributed by atoms with van der Waals surface area (Å²) in [4.78, 5) is 34.9. The SMILES string of the molecule is CC(C)NC(Cn1cc(F)c(=O)[nH]c1=O)C(=O)O. The minimum atomic E-state index is -1.16. The van der Waals surface area contributed by atoms with Gasteiger partial charge in [-0.05, 0) is 0 Å². The van der Waals surface area contributed by atoms with Crippen LogP contribution in [-0.2, 0) is 11.3 Å². The minimum absolute atomic E-state index is 0.116. The second-order valence-corrected chi connectivity index (χ2v) is 4.10. The summed E-state index contributed by atoms with van der Waals surface area (Å²) in [7, 11) is 0. The first-order chi connectivity index (χ1) is 8.31. The van der Waals surface area contributed by atoms with Gasteiger partial charge in [-0.2, -0.15) is 4.39 Å². The van der Waals surface area contributed by atoms with Crippen LogP contribution in [0.15, 0.2) is 15.8 Å². The van der Waals surface area contributed by atoms with Crippen molar-refractivity contribution in [2.45, 2.75) is 32.5 Å². The van der Waals surface area contributed by atoms with Crippen molar-refractivity contribution >= 4 is 5.97 Å². The number of carboxylic acids is 1. The summed E-state index contributed by atoms with van der Waals surface area (Å²) >= 11 is 0. The average Bonchev–Trinajstić information content (AvgIpc) is 2.23. The number of hydrogen-bond acceptors (Lipinski definition) is 4. The van der Waals surface area contributed by atoms with Crippen molar-refractivity contribution in [1.29, 1.82) is 0 Å². The summed E-state index contributed by atoms with van der Waals surface area (Å²) < 4.78 is 13.8. The minimum Gasteiger partial charge on any atom is -0.480 e. The van der Waals surface area contributed by atoms with E-state index in [0.29, 0.717) is 6.20 Å². The second-order valence-electron chi connectivity index (χ2n) is 4.10. The Balaban J connectivity index is 3.01. The lowest BCUT2D eigenvalue weighted by Crippen LogP contribution is -2.46. The van der Waals surface area contributed by atoms with Crippen molar-refractivity contribution in [3.05, 3.63) is 32.9 Å². The van der Waals surface area contributed by atoms with Gasteiger partial charge in [0.1, 0.15) is 6.04 Å². The molecule has 0 saturated heterocycles. The molecule has 100 valence electrons. The van der Waals surface area contributed by atoms with E-state index in [1.807, 2.05) is 0 Å². The maximum Gasteiger partial charge on any atom is 0.328 e. The zero-order valence-corrected chi connectivity index (χ0v) is 9.94. The molecule has 1 unspecified atom stereocenters. The summed E-state index contributed by atoms with van der Waals surface area (Å²) in [6, 6.07) is -1.16. The lowest BCUT2D eigenvalue weighted by Gasteiger charge is -2.17. The molecule has 18 heavy (non-hydrogen) atoms. The molecule has 0 aromatic carbocycles. The second kappa shape index (κ2) is 5.58. The average molecular weight is 259 g/mol. The first kappa shape index (κ1) is 14.1. The van der Waals surface area contributed by atoms with Crippen molar-refractivity contribution in [2.75, 3.05) is 0 Å². The smallest absolute Gasteiger partial charge is 0.328 e. The van der Waals surface area contributed by atoms with E-state index >= 15 is 0 Å². The molecule has 0 radical (unpaired) electrons. The predicted molar refractivity (Wildman–Crippen MR) is 61.0 cm³/mol. The third kappa shape index (κ3) is 3.52. The Morgan fingerprint density at radius 3 is 2.67 bits per heavy atom. The third-order valence-corrected chi connectivity index (χ3v) is 2.18. The highest BCUT2D eigenvalue weighted by atomic mass is 19.1. The van der Waals surface area contributed by atoms with E-state index in [4.69, 9.17) is 5.11 Å². The number of rotatable bonds is 5. The standard InChI is InChI=1S/C10H14FN3O4/c1-5(2)12-7(9(16)17)4-14-3-6(11)8(15)13-10(14)18/h3,5,7,12H,4H2,1-2H3,(H,16,17)(H,13,15,18). The number of aromatic nitrogens is 2. The van der Waals surface area contributed by atoms with Gasteiger partial charge in [-0.3, -0.25) is 19.1 Å². The van der Waals surface area contributed by atoms with Crippen molar-refractivity contribution in [3.8, 4) is 0 Å². The van der Waals surface area contributed by atoms with Crippen molar-refractivity contribution < 1.29 is 14.3 Å². The Hall–Kier alpha value is -1.96. The molecule has 0 amide bonds. The molecule has 0 spiro atoms. The van der Waals surface area contributed by atoms with Crippen molar-refractivity contribution in [3.63, 3.8) is 0 Å². The first-order valence-corrected chi connectivity index (χ1v) is 5.29. The summed E-state index contributed by atoms with van der Waals surface area (Å²) in [5.74, 6) is -2.30. The molecule has 1 rings (SSSR count). The van der Waals surface area contributed by atoms with E-state index in [2.05, 4.69) is 5.32 Å². The molecule has 1 atom stereocenters. The Kier molecular flexibility index (Phi) is 4.38. The fourth-order valence-electron chi connectivity index (χ4n) is 1.42. The lowest BCUT2D eigenvalue weighted by molar-refractivity contribution is -0.140. The maximum atomic E-state index is 13.0. The third-order valence-electron chi connectivity index (χ3n) is 2.18. The highest BCUT2D eigenvalue weighted by Crippen LogP contribution is 1.93. The molecule has 0 aliphatic heterocycles. The van der Waals surface area contributed by atoms with Gasteiger partial charge in [0, 0.05) is 6.04 Å². The van der Waals surface area contributed by atoms with E-state index in [1.165, 1.54) is 0 Å². The fraction of sp³-hybridized carbons (Fsp3) is 0.500. The number of carbonyl (C=O) groups is 1. The summed E-state index contributed by atoms with van der Waals surface area (Å²) in [5.41, 5.74) is -1.97. The van der Waals surface area contributed by atoms with Crippen LogP contribution >= 0.6 is 0 Å². The Labute approximate surface area is 101 Å². The molecule has 0 aliphatic rings. The van der Waals surface area contributed by atoms with Gasteiger partial charge in [0.15, 0.2) is 0 Å². The van der Waals surface area contributed by atoms with Gasteiger partial charge in [0.25, 0.3) is 5.56 Å². The number of H-pyrrole nitrogens is 1. The van der Waals surface area contributed by atoms with Crippen LogP contribution in [0, 0.1) is 5.82 Å². The van der Waals surface area contributed by atoms with Gasteiger partial charge in [-0.25, -0.2) is 4.79 Å². The lowest BCUT2D eigenvalue weighted by atomic mass is 10.2. The van der Waals surface area contributed by atoms with Crippen LogP contribution in [0.25, 0.3) is 0 Å². The van der Waals surface area contributed by atoms with Gasteiger partial charge in [0.2, 0.25) is 5.82 Å². The Morgan fingerprint density at radius 1 is 1.56 bits per heavy atom. The number of halogens is 1. The zero-order valence-electron chi connectivity index (χ0n) is 9.94. The van der Waals surface area contributed by atoms with Crippen molar-refractivity contribution in [1.82, 2.24) is 14.9 Å². The van der Waals surface area contributed by atoms with Crippen LogP contribution in [0.4, 0.5) is 4.39 Å². The van der Waals surface area contributed by atoms with E-state index < -0.39 is 29.1 Å². The van der Waals surface area contributed by atoms with Gasteiger partial charge >= 0.3 is 11.7 Å². The summed E-state index contributed by atoms with van der Waals surface area (Å²) in [5, 5.41) is 11.7. The van der Waals surface area contributed by atoms with E-state index in [-0.39, 0.29) is 12.6 Å². The number of hydrogen-bond donors (Lipinski definition) is 3. The molecule has 1 heterocycles. The number of aliphatic carboxylic acids is 1. The molecule has 0 saturated carbocycles. The van der Waals surface area contributed by atoms with Crippen LogP contribution in [0.2, 0.25) is 0 Å². The fourth-order valence-corrected chi connectivity index (χ4v) is 1.42. The van der Waals surface area contributed by atoms with E-state index in [0.717, 1.165) is 4.57 Å². The molecular weight excluding hydrogens is 245 g/mol. The molecule has 0 aliphatic carbocycles. The molecule has 8 heteroatoms. The van der Waals surface area contributed by atoms with Gasteiger partial charge in [-0.1, -0.05) is 13.8 Å². The number of carboxylic acid groups (broad SMARTS) is 1. The van der Waals surface area contributed by atoms with Crippen LogP contribution < -0.4 is 16.6 Å². The van der Waals surface area contributed by atoms with Gasteiger partial charge in [0.05, 0.1) is 12.7 Å². The topological polar surface area (TPSA) is 104 Å². The molecule has 7 nitrogen and oxygen atoms in total.